The Bertz CT molecular complexity index is 624. The lowest BCUT2D eigenvalue weighted by Crippen LogP contribution is -2.21. The third kappa shape index (κ3) is 3.00. The lowest BCUT2D eigenvalue weighted by atomic mass is 10.2. The number of nitrogens with one attached hydrogen (secondary N) is 1. The van der Waals surface area contributed by atoms with Crippen LogP contribution in [0.4, 0.5) is 11.4 Å². The minimum Gasteiger partial charge on any atom is -0.545 e. The highest BCUT2D eigenvalue weighted by Gasteiger charge is 2.08. The Balaban J connectivity index is 2.31. The van der Waals surface area contributed by atoms with Crippen LogP contribution in [0, 0.1) is 6.92 Å². The maximum absolute atomic E-state index is 10.6. The van der Waals surface area contributed by atoms with Crippen LogP contribution in [0.15, 0.2) is 36.4 Å². The first kappa shape index (κ1) is 13.7. The zero-order valence-corrected chi connectivity index (χ0v) is 11.5. The van der Waals surface area contributed by atoms with Gasteiger partial charge >= 0.3 is 0 Å². The molecule has 0 saturated carbocycles. The van der Waals surface area contributed by atoms with Crippen molar-refractivity contribution in [1.29, 1.82) is 0 Å². The maximum Gasteiger partial charge on any atom is 0.0765 e. The molecule has 0 aliphatic carbocycles. The van der Waals surface area contributed by atoms with E-state index in [1.54, 1.807) is 18.2 Å². The molecule has 0 spiro atoms. The first-order valence-corrected chi connectivity index (χ1v) is 6.27. The van der Waals surface area contributed by atoms with E-state index in [9.17, 15) is 9.90 Å². The van der Waals surface area contributed by atoms with E-state index in [1.165, 1.54) is 12.1 Å². The molecule has 2 aromatic rings. The average Bonchev–Trinajstić information content (AvgIpc) is 2.40. The summed E-state index contributed by atoms with van der Waals surface area (Å²) in [4.78, 5) is 10.6. The summed E-state index contributed by atoms with van der Waals surface area (Å²) in [6.45, 7) is 1.88. The number of carbonyl (C=O) groups excluding carboxylic acids is 1. The summed E-state index contributed by atoms with van der Waals surface area (Å²) in [5.41, 5.74) is 2.32. The minimum absolute atomic E-state index is 0.118. The molecule has 5 heteroatoms. The van der Waals surface area contributed by atoms with Gasteiger partial charge in [0.2, 0.25) is 0 Å². The lowest BCUT2D eigenvalue weighted by molar-refractivity contribution is -0.255. The van der Waals surface area contributed by atoms with Gasteiger partial charge in [0.05, 0.1) is 21.7 Å². The molecule has 0 fully saturated rings. The Morgan fingerprint density at radius 2 is 1.74 bits per heavy atom. The summed E-state index contributed by atoms with van der Waals surface area (Å²) in [6.07, 6.45) is 0. The Labute approximate surface area is 120 Å². The molecule has 0 aromatic heterocycles. The largest absolute Gasteiger partial charge is 0.545 e. The van der Waals surface area contributed by atoms with Gasteiger partial charge in [0.1, 0.15) is 0 Å². The number of benzene rings is 2. The van der Waals surface area contributed by atoms with Crippen molar-refractivity contribution in [1.82, 2.24) is 0 Å². The van der Waals surface area contributed by atoms with E-state index in [0.29, 0.717) is 21.4 Å². The standard InChI is InChI=1S/C14H11Cl2NO2/c1-8-2-7-11(15)13(12(8)16)17-10-5-3-9(4-6-10)14(18)19/h2-7,17H,1H3,(H,18,19)/p-1. The van der Waals surface area contributed by atoms with Gasteiger partial charge in [-0.2, -0.15) is 0 Å². The van der Waals surface area contributed by atoms with Crippen LogP contribution in [0.3, 0.4) is 0 Å². The highest BCUT2D eigenvalue weighted by atomic mass is 35.5. The van der Waals surface area contributed by atoms with Crippen molar-refractivity contribution in [2.45, 2.75) is 6.92 Å². The lowest BCUT2D eigenvalue weighted by Gasteiger charge is -2.12. The molecule has 0 atom stereocenters. The van der Waals surface area contributed by atoms with Gasteiger partial charge in [-0.15, -0.1) is 0 Å². The molecule has 98 valence electrons. The number of aryl methyl sites for hydroxylation is 1. The molecule has 0 unspecified atom stereocenters. The van der Waals surface area contributed by atoms with Crippen molar-refractivity contribution in [3.8, 4) is 0 Å². The van der Waals surface area contributed by atoms with Crippen molar-refractivity contribution in [2.24, 2.45) is 0 Å². The number of carbonyl (C=O) groups is 1. The molecule has 1 N–H and O–H groups in total. The zero-order valence-electron chi connectivity index (χ0n) is 10.0. The molecule has 2 aromatic carbocycles. The molecule has 0 aliphatic heterocycles. The van der Waals surface area contributed by atoms with E-state index in [4.69, 9.17) is 23.2 Å². The second kappa shape index (κ2) is 5.51. The predicted octanol–water partition coefficient (Wildman–Crippen LogP) is 3.41. The highest BCUT2D eigenvalue weighted by molar-refractivity contribution is 6.39. The molecular formula is C14H10Cl2NO2-. The SMILES string of the molecule is Cc1ccc(Cl)c(Nc2ccc(C(=O)[O-])cc2)c1Cl. The monoisotopic (exact) mass is 294 g/mol. The number of aromatic carboxylic acids is 1. The van der Waals surface area contributed by atoms with Crippen LogP contribution in [-0.4, -0.2) is 5.97 Å². The van der Waals surface area contributed by atoms with Gasteiger partial charge in [0, 0.05) is 5.69 Å². The number of anilines is 2. The molecule has 0 aliphatic rings. The summed E-state index contributed by atoms with van der Waals surface area (Å²) < 4.78 is 0. The van der Waals surface area contributed by atoms with Crippen LogP contribution in [-0.2, 0) is 0 Å². The van der Waals surface area contributed by atoms with Gasteiger partial charge in [0.25, 0.3) is 0 Å². The van der Waals surface area contributed by atoms with E-state index in [0.717, 1.165) is 5.56 Å². The number of halogens is 2. The Kier molecular flexibility index (Phi) is 3.98. The van der Waals surface area contributed by atoms with E-state index in [-0.39, 0.29) is 5.56 Å². The summed E-state index contributed by atoms with van der Waals surface area (Å²) in [5, 5.41) is 14.8. The summed E-state index contributed by atoms with van der Waals surface area (Å²) in [5.74, 6) is -1.21. The van der Waals surface area contributed by atoms with Crippen LogP contribution in [0.2, 0.25) is 10.0 Å². The van der Waals surface area contributed by atoms with E-state index in [1.807, 2.05) is 13.0 Å². The Morgan fingerprint density at radius 1 is 1.11 bits per heavy atom. The van der Waals surface area contributed by atoms with Gasteiger partial charge in [0.15, 0.2) is 0 Å². The fraction of sp³-hybridized carbons (Fsp3) is 0.0714. The fourth-order valence-electron chi connectivity index (χ4n) is 1.61. The second-order valence-corrected chi connectivity index (χ2v) is 4.83. The molecular weight excluding hydrogens is 285 g/mol. The predicted molar refractivity (Wildman–Crippen MR) is 75.3 cm³/mol. The summed E-state index contributed by atoms with van der Waals surface area (Å²) in [6, 6.07) is 9.74. The van der Waals surface area contributed by atoms with E-state index in [2.05, 4.69) is 5.32 Å². The van der Waals surface area contributed by atoms with Gasteiger partial charge < -0.3 is 15.2 Å². The number of rotatable bonds is 3. The summed E-state index contributed by atoms with van der Waals surface area (Å²) in [7, 11) is 0. The quantitative estimate of drug-likeness (QED) is 0.944. The molecule has 19 heavy (non-hydrogen) atoms. The van der Waals surface area contributed by atoms with Gasteiger partial charge in [-0.25, -0.2) is 0 Å². The third-order valence-electron chi connectivity index (χ3n) is 2.67. The number of hydrogen-bond donors (Lipinski definition) is 1. The van der Waals surface area contributed by atoms with Crippen molar-refractivity contribution < 1.29 is 9.90 Å². The topological polar surface area (TPSA) is 52.2 Å². The molecule has 0 radical (unpaired) electrons. The second-order valence-electron chi connectivity index (χ2n) is 4.04. The van der Waals surface area contributed by atoms with Crippen LogP contribution in [0.1, 0.15) is 15.9 Å². The maximum atomic E-state index is 10.6. The normalized spacial score (nSPS) is 10.3. The molecule has 0 saturated heterocycles. The van der Waals surface area contributed by atoms with Gasteiger partial charge in [-0.05, 0) is 36.2 Å². The van der Waals surface area contributed by atoms with Crippen LogP contribution < -0.4 is 10.4 Å². The van der Waals surface area contributed by atoms with Crippen LogP contribution in [0.5, 0.6) is 0 Å². The Morgan fingerprint density at radius 3 is 2.32 bits per heavy atom. The number of carboxylic acids is 1. The molecule has 0 amide bonds. The van der Waals surface area contributed by atoms with Gasteiger partial charge in [-0.1, -0.05) is 41.4 Å². The van der Waals surface area contributed by atoms with E-state index >= 15 is 0 Å². The molecule has 0 bridgehead atoms. The first-order valence-electron chi connectivity index (χ1n) is 5.52. The van der Waals surface area contributed by atoms with Crippen molar-refractivity contribution in [2.75, 3.05) is 5.32 Å². The highest BCUT2D eigenvalue weighted by Crippen LogP contribution is 2.35. The molecule has 3 nitrogen and oxygen atoms in total. The first-order chi connectivity index (χ1) is 8.99. The van der Waals surface area contributed by atoms with Crippen LogP contribution in [0.25, 0.3) is 0 Å². The van der Waals surface area contributed by atoms with Crippen molar-refractivity contribution in [3.05, 3.63) is 57.6 Å². The summed E-state index contributed by atoms with van der Waals surface area (Å²) >= 11 is 12.3. The number of carboxylic acid groups (broad SMARTS) is 1. The van der Waals surface area contributed by atoms with Gasteiger partial charge in [-0.3, -0.25) is 0 Å². The zero-order chi connectivity index (χ0) is 14.0. The minimum atomic E-state index is -1.21. The van der Waals surface area contributed by atoms with Crippen molar-refractivity contribution >= 4 is 40.5 Å². The Hall–Kier alpha value is -1.71. The fourth-order valence-corrected chi connectivity index (χ4v) is 2.07. The third-order valence-corrected chi connectivity index (χ3v) is 3.48. The smallest absolute Gasteiger partial charge is 0.0765 e. The molecule has 2 rings (SSSR count). The number of hydrogen-bond acceptors (Lipinski definition) is 3. The van der Waals surface area contributed by atoms with Crippen molar-refractivity contribution in [3.63, 3.8) is 0 Å². The molecule has 0 heterocycles. The van der Waals surface area contributed by atoms with E-state index < -0.39 is 5.97 Å². The average molecular weight is 295 g/mol. The van der Waals surface area contributed by atoms with Crippen LogP contribution >= 0.6 is 23.2 Å².